The van der Waals surface area contributed by atoms with Gasteiger partial charge in [0.2, 0.25) is 0 Å². The van der Waals surface area contributed by atoms with E-state index in [1.807, 2.05) is 26.1 Å². The normalized spacial score (nSPS) is 12.0. The Balaban J connectivity index is 2.90. The van der Waals surface area contributed by atoms with Crippen LogP contribution in [0.3, 0.4) is 0 Å². The number of hydrogen-bond donors (Lipinski definition) is 1. The number of rotatable bonds is 1. The first kappa shape index (κ1) is 6.08. The van der Waals surface area contributed by atoms with E-state index in [0.29, 0.717) is 0 Å². The van der Waals surface area contributed by atoms with Crippen molar-refractivity contribution in [3.63, 3.8) is 0 Å². The van der Waals surface area contributed by atoms with Crippen LogP contribution < -0.4 is 0 Å². The SMILES string of the molecule is C/C=C(/C)c1ncc[nH]1. The maximum Gasteiger partial charge on any atom is 0.132 e. The fourth-order valence-electron chi connectivity index (χ4n) is 0.618. The molecule has 0 amide bonds. The fraction of sp³-hybridized carbons (Fsp3) is 0.286. The average Bonchev–Trinajstić information content (AvgIpc) is 2.37. The second kappa shape index (κ2) is 2.49. The van der Waals surface area contributed by atoms with E-state index in [-0.39, 0.29) is 0 Å². The molecule has 0 fully saturated rings. The first-order valence-corrected chi connectivity index (χ1v) is 2.97. The summed E-state index contributed by atoms with van der Waals surface area (Å²) < 4.78 is 0. The summed E-state index contributed by atoms with van der Waals surface area (Å²) in [5.74, 6) is 0.956. The van der Waals surface area contributed by atoms with Crippen LogP contribution in [0.25, 0.3) is 5.57 Å². The number of imidazole rings is 1. The second-order valence-corrected chi connectivity index (χ2v) is 1.91. The Morgan fingerprint density at radius 1 is 1.78 bits per heavy atom. The minimum Gasteiger partial charge on any atom is -0.345 e. The van der Waals surface area contributed by atoms with Crippen LogP contribution in [-0.2, 0) is 0 Å². The van der Waals surface area contributed by atoms with Crippen molar-refractivity contribution >= 4 is 5.57 Å². The Morgan fingerprint density at radius 3 is 3.00 bits per heavy atom. The fourth-order valence-corrected chi connectivity index (χ4v) is 0.618. The van der Waals surface area contributed by atoms with Crippen molar-refractivity contribution in [2.45, 2.75) is 13.8 Å². The smallest absolute Gasteiger partial charge is 0.132 e. The van der Waals surface area contributed by atoms with Gasteiger partial charge in [0.1, 0.15) is 5.82 Å². The molecule has 0 aliphatic rings. The van der Waals surface area contributed by atoms with Gasteiger partial charge >= 0.3 is 0 Å². The van der Waals surface area contributed by atoms with Gasteiger partial charge in [-0.3, -0.25) is 0 Å². The third kappa shape index (κ3) is 1.19. The van der Waals surface area contributed by atoms with E-state index < -0.39 is 0 Å². The van der Waals surface area contributed by atoms with Crippen LogP contribution in [-0.4, -0.2) is 9.97 Å². The Hall–Kier alpha value is -1.05. The molecule has 1 N–H and O–H groups in total. The summed E-state index contributed by atoms with van der Waals surface area (Å²) in [5, 5.41) is 0. The zero-order chi connectivity index (χ0) is 6.69. The molecule has 0 aliphatic carbocycles. The molecular weight excluding hydrogens is 112 g/mol. The number of aromatic amines is 1. The number of H-pyrrole nitrogens is 1. The molecule has 0 atom stereocenters. The van der Waals surface area contributed by atoms with Gasteiger partial charge in [-0.1, -0.05) is 6.08 Å². The molecule has 0 saturated carbocycles. The van der Waals surface area contributed by atoms with Crippen LogP contribution in [0.15, 0.2) is 18.5 Å². The van der Waals surface area contributed by atoms with E-state index in [1.165, 1.54) is 5.57 Å². The highest BCUT2D eigenvalue weighted by molar-refractivity contribution is 5.56. The standard InChI is InChI=1S/C7H10N2/c1-3-6(2)7-8-4-5-9-7/h3-5H,1-2H3,(H,8,9)/b6-3-. The third-order valence-electron chi connectivity index (χ3n) is 1.30. The highest BCUT2D eigenvalue weighted by Crippen LogP contribution is 2.04. The zero-order valence-electron chi connectivity index (χ0n) is 5.68. The van der Waals surface area contributed by atoms with Gasteiger partial charge in [-0.25, -0.2) is 4.98 Å². The van der Waals surface area contributed by atoms with E-state index >= 15 is 0 Å². The van der Waals surface area contributed by atoms with Gasteiger partial charge in [0.05, 0.1) is 0 Å². The lowest BCUT2D eigenvalue weighted by Crippen LogP contribution is -1.79. The number of aromatic nitrogens is 2. The molecule has 48 valence electrons. The zero-order valence-corrected chi connectivity index (χ0v) is 5.68. The number of allylic oxidation sites excluding steroid dienone is 2. The minimum absolute atomic E-state index is 0.956. The van der Waals surface area contributed by atoms with Crippen LogP contribution in [0.2, 0.25) is 0 Å². The highest BCUT2D eigenvalue weighted by Gasteiger charge is 1.92. The summed E-state index contributed by atoms with van der Waals surface area (Å²) in [5.41, 5.74) is 1.18. The summed E-state index contributed by atoms with van der Waals surface area (Å²) >= 11 is 0. The molecule has 0 bridgehead atoms. The van der Waals surface area contributed by atoms with E-state index in [9.17, 15) is 0 Å². The molecule has 0 aromatic carbocycles. The molecular formula is C7H10N2. The van der Waals surface area contributed by atoms with Crippen LogP contribution in [0.4, 0.5) is 0 Å². The first-order valence-electron chi connectivity index (χ1n) is 2.97. The van der Waals surface area contributed by atoms with Crippen LogP contribution >= 0.6 is 0 Å². The van der Waals surface area contributed by atoms with Gasteiger partial charge in [-0.2, -0.15) is 0 Å². The van der Waals surface area contributed by atoms with Gasteiger partial charge in [0, 0.05) is 12.4 Å². The summed E-state index contributed by atoms with van der Waals surface area (Å²) in [6.45, 7) is 4.02. The molecule has 1 heterocycles. The van der Waals surface area contributed by atoms with E-state index in [1.54, 1.807) is 6.20 Å². The predicted octanol–water partition coefficient (Wildman–Crippen LogP) is 1.83. The predicted molar refractivity (Wildman–Crippen MR) is 37.9 cm³/mol. The van der Waals surface area contributed by atoms with Crippen molar-refractivity contribution in [3.8, 4) is 0 Å². The molecule has 0 saturated heterocycles. The molecule has 0 spiro atoms. The lowest BCUT2D eigenvalue weighted by atomic mass is 10.3. The molecule has 0 unspecified atom stereocenters. The molecule has 1 aromatic heterocycles. The van der Waals surface area contributed by atoms with Gasteiger partial charge in [-0.15, -0.1) is 0 Å². The van der Waals surface area contributed by atoms with Crippen molar-refractivity contribution in [1.29, 1.82) is 0 Å². The summed E-state index contributed by atoms with van der Waals surface area (Å²) in [7, 11) is 0. The van der Waals surface area contributed by atoms with E-state index in [2.05, 4.69) is 9.97 Å². The number of nitrogens with one attached hydrogen (secondary N) is 1. The van der Waals surface area contributed by atoms with Crippen molar-refractivity contribution < 1.29 is 0 Å². The van der Waals surface area contributed by atoms with Crippen molar-refractivity contribution in [2.24, 2.45) is 0 Å². The Morgan fingerprint density at radius 2 is 2.56 bits per heavy atom. The quantitative estimate of drug-likeness (QED) is 0.604. The molecule has 2 heteroatoms. The largest absolute Gasteiger partial charge is 0.345 e. The van der Waals surface area contributed by atoms with Gasteiger partial charge in [-0.05, 0) is 19.4 Å². The number of hydrogen-bond acceptors (Lipinski definition) is 1. The van der Waals surface area contributed by atoms with Crippen molar-refractivity contribution in [3.05, 3.63) is 24.3 Å². The molecule has 1 aromatic rings. The van der Waals surface area contributed by atoms with Crippen LogP contribution in [0, 0.1) is 0 Å². The highest BCUT2D eigenvalue weighted by atomic mass is 14.9. The van der Waals surface area contributed by atoms with E-state index in [0.717, 1.165) is 5.82 Å². The third-order valence-corrected chi connectivity index (χ3v) is 1.30. The average molecular weight is 122 g/mol. The lowest BCUT2D eigenvalue weighted by Gasteiger charge is -1.90. The number of nitrogens with zero attached hydrogens (tertiary/aromatic N) is 1. The Bertz CT molecular complexity index is 197. The monoisotopic (exact) mass is 122 g/mol. The maximum atomic E-state index is 4.06. The Labute approximate surface area is 54.6 Å². The molecule has 9 heavy (non-hydrogen) atoms. The molecule has 0 aliphatic heterocycles. The minimum atomic E-state index is 0.956. The maximum absolute atomic E-state index is 4.06. The lowest BCUT2D eigenvalue weighted by molar-refractivity contribution is 1.23. The summed E-state index contributed by atoms with van der Waals surface area (Å²) in [6, 6.07) is 0. The van der Waals surface area contributed by atoms with Crippen LogP contribution in [0.1, 0.15) is 19.7 Å². The van der Waals surface area contributed by atoms with Crippen molar-refractivity contribution in [1.82, 2.24) is 9.97 Å². The molecule has 2 nitrogen and oxygen atoms in total. The van der Waals surface area contributed by atoms with Gasteiger partial charge in [0.15, 0.2) is 0 Å². The second-order valence-electron chi connectivity index (χ2n) is 1.91. The first-order chi connectivity index (χ1) is 4.34. The summed E-state index contributed by atoms with van der Waals surface area (Å²) in [4.78, 5) is 7.07. The molecule has 0 radical (unpaired) electrons. The Kier molecular flexibility index (Phi) is 1.68. The van der Waals surface area contributed by atoms with Crippen molar-refractivity contribution in [2.75, 3.05) is 0 Å². The van der Waals surface area contributed by atoms with E-state index in [4.69, 9.17) is 0 Å². The van der Waals surface area contributed by atoms with Gasteiger partial charge in [0.25, 0.3) is 0 Å². The summed E-state index contributed by atoms with van der Waals surface area (Å²) in [6.07, 6.45) is 5.60. The topological polar surface area (TPSA) is 28.7 Å². The molecule has 1 rings (SSSR count). The van der Waals surface area contributed by atoms with Gasteiger partial charge < -0.3 is 4.98 Å². The van der Waals surface area contributed by atoms with Crippen LogP contribution in [0.5, 0.6) is 0 Å².